The minimum atomic E-state index is -3.32. The van der Waals surface area contributed by atoms with E-state index in [2.05, 4.69) is 4.72 Å². The van der Waals surface area contributed by atoms with Crippen LogP contribution in [0, 0.1) is 0 Å². The van der Waals surface area contributed by atoms with Gasteiger partial charge in [0.25, 0.3) is 0 Å². The molecule has 1 aromatic carbocycles. The van der Waals surface area contributed by atoms with Crippen molar-refractivity contribution < 1.29 is 17.9 Å². The zero-order valence-electron chi connectivity index (χ0n) is 14.8. The van der Waals surface area contributed by atoms with Crippen LogP contribution >= 0.6 is 11.6 Å². The van der Waals surface area contributed by atoms with Gasteiger partial charge in [-0.05, 0) is 62.1 Å². The van der Waals surface area contributed by atoms with Crippen molar-refractivity contribution in [2.45, 2.75) is 62.2 Å². The van der Waals surface area contributed by atoms with Crippen LogP contribution in [0.1, 0.15) is 50.0 Å². The van der Waals surface area contributed by atoms with E-state index in [0.29, 0.717) is 19.1 Å². The fraction of sp³-hybridized carbons (Fsp3) is 0.684. The zero-order chi connectivity index (χ0) is 18.2. The van der Waals surface area contributed by atoms with Crippen molar-refractivity contribution in [1.82, 2.24) is 4.72 Å². The molecule has 144 valence electrons. The van der Waals surface area contributed by atoms with Crippen LogP contribution in [0.2, 0.25) is 5.02 Å². The molecule has 1 spiro atoms. The SMILES string of the molecule is O=S(=O)(CC1CCC2(CCOCC2)O1)NC1CC(c2ccc(Cl)cc2)C1. The summed E-state index contributed by atoms with van der Waals surface area (Å²) in [6.45, 7) is 1.43. The molecule has 0 amide bonds. The Kier molecular flexibility index (Phi) is 5.32. The monoisotopic (exact) mass is 399 g/mol. The Morgan fingerprint density at radius 2 is 1.81 bits per heavy atom. The van der Waals surface area contributed by atoms with Crippen LogP contribution in [0.4, 0.5) is 0 Å². The van der Waals surface area contributed by atoms with Crippen LogP contribution in [0.5, 0.6) is 0 Å². The fourth-order valence-corrected chi connectivity index (χ4v) is 6.04. The summed E-state index contributed by atoms with van der Waals surface area (Å²) in [6, 6.07) is 7.85. The smallest absolute Gasteiger partial charge is 0.214 e. The molecule has 1 aliphatic carbocycles. The Morgan fingerprint density at radius 1 is 1.12 bits per heavy atom. The van der Waals surface area contributed by atoms with E-state index in [0.717, 1.165) is 43.5 Å². The van der Waals surface area contributed by atoms with Crippen molar-refractivity contribution in [3.63, 3.8) is 0 Å². The van der Waals surface area contributed by atoms with Crippen LogP contribution in [0.3, 0.4) is 0 Å². The molecule has 1 saturated carbocycles. The Labute approximate surface area is 160 Å². The Balaban J connectivity index is 1.26. The minimum Gasteiger partial charge on any atom is -0.381 e. The van der Waals surface area contributed by atoms with Crippen molar-refractivity contribution in [1.29, 1.82) is 0 Å². The highest BCUT2D eigenvalue weighted by Gasteiger charge is 2.43. The van der Waals surface area contributed by atoms with Gasteiger partial charge in [0.05, 0.1) is 17.5 Å². The molecule has 3 aliphatic rings. The first kappa shape index (κ1) is 18.7. The predicted molar refractivity (Wildman–Crippen MR) is 101 cm³/mol. The molecule has 4 rings (SSSR count). The van der Waals surface area contributed by atoms with E-state index in [9.17, 15) is 8.42 Å². The minimum absolute atomic E-state index is 0.0270. The molecule has 1 aromatic rings. The Bertz CT molecular complexity index is 724. The molecule has 0 bridgehead atoms. The highest BCUT2D eigenvalue weighted by Crippen LogP contribution is 2.40. The second kappa shape index (κ2) is 7.40. The lowest BCUT2D eigenvalue weighted by atomic mass is 9.76. The maximum absolute atomic E-state index is 12.5. The van der Waals surface area contributed by atoms with E-state index in [4.69, 9.17) is 21.1 Å². The van der Waals surface area contributed by atoms with Crippen LogP contribution in [-0.4, -0.2) is 45.1 Å². The average Bonchev–Trinajstić information content (AvgIpc) is 2.93. The number of hydrogen-bond acceptors (Lipinski definition) is 4. The topological polar surface area (TPSA) is 64.6 Å². The number of halogens is 1. The highest BCUT2D eigenvalue weighted by atomic mass is 35.5. The molecule has 5 nitrogen and oxygen atoms in total. The number of hydrogen-bond donors (Lipinski definition) is 1. The lowest BCUT2D eigenvalue weighted by Crippen LogP contribution is -2.46. The summed E-state index contributed by atoms with van der Waals surface area (Å²) in [6.07, 6.45) is 5.00. The van der Waals surface area contributed by atoms with E-state index in [1.54, 1.807) is 0 Å². The standard InChI is InChI=1S/C19H26ClNO4S/c20-16-3-1-14(2-4-16)15-11-17(12-15)21-26(22,23)13-18-5-6-19(25-18)7-9-24-10-8-19/h1-4,15,17-18,21H,5-13H2. The summed E-state index contributed by atoms with van der Waals surface area (Å²) in [5, 5.41) is 0.726. The zero-order valence-corrected chi connectivity index (χ0v) is 16.4. The molecule has 3 fully saturated rings. The summed E-state index contributed by atoms with van der Waals surface area (Å²) in [7, 11) is -3.32. The molecule has 0 radical (unpaired) electrons. The van der Waals surface area contributed by atoms with Crippen LogP contribution in [0.25, 0.3) is 0 Å². The second-order valence-electron chi connectivity index (χ2n) is 7.89. The molecule has 1 N–H and O–H groups in total. The number of benzene rings is 1. The third-order valence-electron chi connectivity index (χ3n) is 5.97. The van der Waals surface area contributed by atoms with Gasteiger partial charge >= 0.3 is 0 Å². The molecule has 2 aliphatic heterocycles. The Morgan fingerprint density at radius 3 is 2.50 bits per heavy atom. The van der Waals surface area contributed by atoms with Gasteiger partial charge in [-0.25, -0.2) is 13.1 Å². The number of sulfonamides is 1. The third kappa shape index (κ3) is 4.25. The maximum Gasteiger partial charge on any atom is 0.214 e. The van der Waals surface area contributed by atoms with Gasteiger partial charge in [-0.15, -0.1) is 0 Å². The maximum atomic E-state index is 12.5. The summed E-state index contributed by atoms with van der Waals surface area (Å²) < 4.78 is 39.4. The van der Waals surface area contributed by atoms with E-state index in [1.165, 1.54) is 5.56 Å². The van der Waals surface area contributed by atoms with Gasteiger partial charge in [0, 0.05) is 24.3 Å². The largest absolute Gasteiger partial charge is 0.381 e. The first-order chi connectivity index (χ1) is 12.4. The molecular weight excluding hydrogens is 374 g/mol. The van der Waals surface area contributed by atoms with E-state index < -0.39 is 10.0 Å². The van der Waals surface area contributed by atoms with E-state index in [1.807, 2.05) is 24.3 Å². The van der Waals surface area contributed by atoms with Gasteiger partial charge in [0.2, 0.25) is 10.0 Å². The quantitative estimate of drug-likeness (QED) is 0.825. The van der Waals surface area contributed by atoms with Gasteiger partial charge in [0.1, 0.15) is 0 Å². The van der Waals surface area contributed by atoms with Crippen LogP contribution < -0.4 is 4.72 Å². The fourth-order valence-electron chi connectivity index (χ4n) is 4.39. The predicted octanol–water partition coefficient (Wildman–Crippen LogP) is 3.23. The van der Waals surface area contributed by atoms with Gasteiger partial charge < -0.3 is 9.47 Å². The van der Waals surface area contributed by atoms with E-state index in [-0.39, 0.29) is 23.5 Å². The van der Waals surface area contributed by atoms with Gasteiger partial charge in [-0.1, -0.05) is 23.7 Å². The highest BCUT2D eigenvalue weighted by molar-refractivity contribution is 7.89. The molecule has 26 heavy (non-hydrogen) atoms. The second-order valence-corrected chi connectivity index (χ2v) is 10.1. The first-order valence-corrected chi connectivity index (χ1v) is 11.5. The molecule has 2 heterocycles. The lowest BCUT2D eigenvalue weighted by Gasteiger charge is -2.36. The van der Waals surface area contributed by atoms with Gasteiger partial charge in [0.15, 0.2) is 0 Å². The first-order valence-electron chi connectivity index (χ1n) is 9.44. The van der Waals surface area contributed by atoms with Crippen molar-refractivity contribution in [2.75, 3.05) is 19.0 Å². The van der Waals surface area contributed by atoms with Gasteiger partial charge in [-0.3, -0.25) is 0 Å². The molecule has 1 atom stereocenters. The number of ether oxygens (including phenoxy) is 2. The normalized spacial score (nSPS) is 31.0. The van der Waals surface area contributed by atoms with Crippen molar-refractivity contribution in [2.24, 2.45) is 0 Å². The number of rotatable bonds is 5. The summed E-state index contributed by atoms with van der Waals surface area (Å²) in [5.74, 6) is 0.478. The lowest BCUT2D eigenvalue weighted by molar-refractivity contribution is -0.0979. The summed E-state index contributed by atoms with van der Waals surface area (Å²) >= 11 is 5.92. The van der Waals surface area contributed by atoms with Crippen LogP contribution in [-0.2, 0) is 19.5 Å². The Hall–Kier alpha value is -0.660. The van der Waals surface area contributed by atoms with Crippen molar-refractivity contribution >= 4 is 21.6 Å². The molecular formula is C19H26ClNO4S. The molecule has 2 saturated heterocycles. The molecule has 1 unspecified atom stereocenters. The van der Waals surface area contributed by atoms with Crippen molar-refractivity contribution in [3.8, 4) is 0 Å². The van der Waals surface area contributed by atoms with Crippen LogP contribution in [0.15, 0.2) is 24.3 Å². The summed E-state index contributed by atoms with van der Waals surface area (Å²) in [5.41, 5.74) is 1.08. The summed E-state index contributed by atoms with van der Waals surface area (Å²) in [4.78, 5) is 0. The average molecular weight is 400 g/mol. The van der Waals surface area contributed by atoms with E-state index >= 15 is 0 Å². The third-order valence-corrected chi connectivity index (χ3v) is 7.73. The molecule has 7 heteroatoms. The van der Waals surface area contributed by atoms with Gasteiger partial charge in [-0.2, -0.15) is 0 Å². The molecule has 0 aromatic heterocycles. The van der Waals surface area contributed by atoms with Crippen molar-refractivity contribution in [3.05, 3.63) is 34.9 Å². The number of nitrogens with one attached hydrogen (secondary N) is 1.